The van der Waals surface area contributed by atoms with Gasteiger partial charge in [-0.05, 0) is 47.5 Å². The molecular formula is C24H25F2N3O2. The van der Waals surface area contributed by atoms with E-state index < -0.39 is 0 Å². The molecule has 1 saturated heterocycles. The zero-order chi connectivity index (χ0) is 22.1. The van der Waals surface area contributed by atoms with Crippen LogP contribution in [0.2, 0.25) is 0 Å². The van der Waals surface area contributed by atoms with Crippen LogP contribution >= 0.6 is 0 Å². The van der Waals surface area contributed by atoms with Gasteiger partial charge in [-0.3, -0.25) is 14.5 Å². The summed E-state index contributed by atoms with van der Waals surface area (Å²) >= 11 is 0. The maximum absolute atomic E-state index is 12.9. The fourth-order valence-corrected chi connectivity index (χ4v) is 3.18. The Hall–Kier alpha value is -3.32. The van der Waals surface area contributed by atoms with Gasteiger partial charge in [0.2, 0.25) is 11.8 Å². The number of carbonyl (C=O) groups is 2. The lowest BCUT2D eigenvalue weighted by Gasteiger charge is -2.34. The van der Waals surface area contributed by atoms with Crippen LogP contribution in [0, 0.1) is 11.6 Å². The standard InChI is InChI=1S/C24H25F2N3O2/c25-21-7-1-19(2-8-21)5-11-23(30)27-13-14-28-15-17-29(18-16-28)24(31)12-6-20-3-9-22(26)10-4-20/h1-12H,13-18H2,(H,27,30)/b11-5+,12-6+. The van der Waals surface area contributed by atoms with Gasteiger partial charge >= 0.3 is 0 Å². The molecule has 31 heavy (non-hydrogen) atoms. The normalized spacial score (nSPS) is 15.0. The molecule has 1 aliphatic rings. The predicted octanol–water partition coefficient (Wildman–Crippen LogP) is 2.95. The number of hydrogen-bond donors (Lipinski definition) is 1. The summed E-state index contributed by atoms with van der Waals surface area (Å²) < 4.78 is 25.8. The number of amides is 2. The van der Waals surface area contributed by atoms with Gasteiger partial charge in [-0.15, -0.1) is 0 Å². The lowest BCUT2D eigenvalue weighted by molar-refractivity contribution is -0.127. The van der Waals surface area contributed by atoms with Gasteiger partial charge < -0.3 is 10.2 Å². The maximum Gasteiger partial charge on any atom is 0.246 e. The van der Waals surface area contributed by atoms with Crippen molar-refractivity contribution in [2.24, 2.45) is 0 Å². The summed E-state index contributed by atoms with van der Waals surface area (Å²) in [6.07, 6.45) is 6.26. The molecule has 162 valence electrons. The van der Waals surface area contributed by atoms with Crippen LogP contribution in [-0.2, 0) is 9.59 Å². The first kappa shape index (κ1) is 22.4. The van der Waals surface area contributed by atoms with Crippen molar-refractivity contribution in [2.45, 2.75) is 0 Å². The SMILES string of the molecule is O=C(/C=C/c1ccc(F)cc1)NCCN1CCN(C(=O)/C=C/c2ccc(F)cc2)CC1. The topological polar surface area (TPSA) is 52.7 Å². The van der Waals surface area contributed by atoms with Crippen LogP contribution in [0.15, 0.2) is 60.7 Å². The number of hydrogen-bond acceptors (Lipinski definition) is 3. The van der Waals surface area contributed by atoms with Gasteiger partial charge in [0.15, 0.2) is 0 Å². The number of carbonyl (C=O) groups excluding carboxylic acids is 2. The van der Waals surface area contributed by atoms with Gasteiger partial charge in [0.05, 0.1) is 0 Å². The minimum absolute atomic E-state index is 0.0665. The molecule has 1 aliphatic heterocycles. The van der Waals surface area contributed by atoms with Gasteiger partial charge in [-0.25, -0.2) is 8.78 Å². The molecule has 1 heterocycles. The van der Waals surface area contributed by atoms with Crippen LogP contribution in [0.3, 0.4) is 0 Å². The molecular weight excluding hydrogens is 400 g/mol. The first-order chi connectivity index (χ1) is 15.0. The second-order valence-corrected chi connectivity index (χ2v) is 7.23. The summed E-state index contributed by atoms with van der Waals surface area (Å²) in [7, 11) is 0. The number of nitrogens with zero attached hydrogens (tertiary/aromatic N) is 2. The third-order valence-electron chi connectivity index (χ3n) is 5.00. The summed E-state index contributed by atoms with van der Waals surface area (Å²) in [5.41, 5.74) is 1.53. The third-order valence-corrected chi connectivity index (χ3v) is 5.00. The Kier molecular flexibility index (Phi) is 8.06. The summed E-state index contributed by atoms with van der Waals surface area (Å²) in [5, 5.41) is 2.83. The van der Waals surface area contributed by atoms with E-state index in [1.54, 1.807) is 41.3 Å². The quantitative estimate of drug-likeness (QED) is 0.694. The highest BCUT2D eigenvalue weighted by atomic mass is 19.1. The van der Waals surface area contributed by atoms with Gasteiger partial charge in [0.1, 0.15) is 11.6 Å². The number of piperazine rings is 1. The van der Waals surface area contributed by atoms with E-state index in [9.17, 15) is 18.4 Å². The molecule has 2 aromatic carbocycles. The maximum atomic E-state index is 12.9. The highest BCUT2D eigenvalue weighted by Crippen LogP contribution is 2.07. The van der Waals surface area contributed by atoms with E-state index in [-0.39, 0.29) is 23.4 Å². The largest absolute Gasteiger partial charge is 0.351 e. The first-order valence-electron chi connectivity index (χ1n) is 10.2. The molecule has 2 aromatic rings. The number of halogens is 2. The zero-order valence-corrected chi connectivity index (χ0v) is 17.1. The monoisotopic (exact) mass is 425 g/mol. The summed E-state index contributed by atoms with van der Waals surface area (Å²) in [6.45, 7) is 3.90. The van der Waals surface area contributed by atoms with Crippen molar-refractivity contribution < 1.29 is 18.4 Å². The van der Waals surface area contributed by atoms with Crippen LogP contribution in [0.5, 0.6) is 0 Å². The molecule has 0 aromatic heterocycles. The van der Waals surface area contributed by atoms with E-state index in [4.69, 9.17) is 0 Å². The van der Waals surface area contributed by atoms with Gasteiger partial charge in [-0.2, -0.15) is 0 Å². The van der Waals surface area contributed by atoms with Crippen LogP contribution < -0.4 is 5.32 Å². The van der Waals surface area contributed by atoms with E-state index >= 15 is 0 Å². The lowest BCUT2D eigenvalue weighted by Crippen LogP contribution is -2.49. The van der Waals surface area contributed by atoms with Crippen LogP contribution in [0.25, 0.3) is 12.2 Å². The Morgan fingerprint density at radius 3 is 1.87 bits per heavy atom. The van der Waals surface area contributed by atoms with Crippen LogP contribution in [0.4, 0.5) is 8.78 Å². The molecule has 1 fully saturated rings. The van der Waals surface area contributed by atoms with Crippen molar-refractivity contribution >= 4 is 24.0 Å². The summed E-state index contributed by atoms with van der Waals surface area (Å²) in [5.74, 6) is -0.890. The van der Waals surface area contributed by atoms with E-state index in [0.29, 0.717) is 26.2 Å². The lowest BCUT2D eigenvalue weighted by atomic mass is 10.2. The Morgan fingerprint density at radius 2 is 1.32 bits per heavy atom. The number of benzene rings is 2. The fourth-order valence-electron chi connectivity index (χ4n) is 3.18. The molecule has 0 aliphatic carbocycles. The molecule has 0 spiro atoms. The Bertz CT molecular complexity index is 930. The predicted molar refractivity (Wildman–Crippen MR) is 117 cm³/mol. The molecule has 0 unspecified atom stereocenters. The zero-order valence-electron chi connectivity index (χ0n) is 17.1. The van der Waals surface area contributed by atoms with Gasteiger partial charge in [0, 0.05) is 51.4 Å². The minimum atomic E-state index is -0.313. The van der Waals surface area contributed by atoms with E-state index in [1.807, 2.05) is 0 Å². The molecule has 0 atom stereocenters. The van der Waals surface area contributed by atoms with E-state index in [2.05, 4.69) is 10.2 Å². The highest BCUT2D eigenvalue weighted by molar-refractivity contribution is 5.92. The summed E-state index contributed by atoms with van der Waals surface area (Å²) in [4.78, 5) is 28.2. The van der Waals surface area contributed by atoms with Crippen molar-refractivity contribution in [1.29, 1.82) is 0 Å². The Morgan fingerprint density at radius 1 is 0.806 bits per heavy atom. The van der Waals surface area contributed by atoms with Crippen molar-refractivity contribution in [3.63, 3.8) is 0 Å². The first-order valence-corrected chi connectivity index (χ1v) is 10.2. The van der Waals surface area contributed by atoms with Crippen molar-refractivity contribution in [3.8, 4) is 0 Å². The van der Waals surface area contributed by atoms with Crippen LogP contribution in [-0.4, -0.2) is 60.9 Å². The molecule has 1 N–H and O–H groups in total. The van der Waals surface area contributed by atoms with Gasteiger partial charge in [0.25, 0.3) is 0 Å². The van der Waals surface area contributed by atoms with Crippen LogP contribution in [0.1, 0.15) is 11.1 Å². The van der Waals surface area contributed by atoms with Gasteiger partial charge in [-0.1, -0.05) is 24.3 Å². The molecule has 5 nitrogen and oxygen atoms in total. The molecule has 7 heteroatoms. The molecule has 2 amide bonds. The second-order valence-electron chi connectivity index (χ2n) is 7.23. The highest BCUT2D eigenvalue weighted by Gasteiger charge is 2.19. The minimum Gasteiger partial charge on any atom is -0.351 e. The molecule has 0 saturated carbocycles. The molecule has 0 radical (unpaired) electrons. The Labute approximate surface area is 180 Å². The number of rotatable bonds is 7. The fraction of sp³-hybridized carbons (Fsp3) is 0.250. The molecule has 0 bridgehead atoms. The smallest absolute Gasteiger partial charge is 0.246 e. The number of nitrogens with one attached hydrogen (secondary N) is 1. The Balaban J connectivity index is 1.34. The van der Waals surface area contributed by atoms with Crippen molar-refractivity contribution in [2.75, 3.05) is 39.3 Å². The van der Waals surface area contributed by atoms with Crippen molar-refractivity contribution in [3.05, 3.63) is 83.4 Å². The average molecular weight is 425 g/mol. The average Bonchev–Trinajstić information content (AvgIpc) is 2.78. The summed E-state index contributed by atoms with van der Waals surface area (Å²) in [6, 6.07) is 11.9. The third kappa shape index (κ3) is 7.46. The van der Waals surface area contributed by atoms with E-state index in [0.717, 1.165) is 24.2 Å². The van der Waals surface area contributed by atoms with Crippen molar-refractivity contribution in [1.82, 2.24) is 15.1 Å². The van der Waals surface area contributed by atoms with E-state index in [1.165, 1.54) is 36.4 Å². The molecule has 3 rings (SSSR count). The second kappa shape index (κ2) is 11.2.